The molecule has 1 heterocycles. The molecule has 7 nitrogen and oxygen atoms in total. The van der Waals surface area contributed by atoms with Crippen LogP contribution < -0.4 is 4.74 Å². The maximum absolute atomic E-state index is 12.2. The Morgan fingerprint density at radius 2 is 1.75 bits per heavy atom. The van der Waals surface area contributed by atoms with Gasteiger partial charge in [0, 0.05) is 25.1 Å². The Hall–Kier alpha value is -2.41. The molecule has 0 N–H and O–H groups in total. The van der Waals surface area contributed by atoms with Crippen molar-refractivity contribution < 1.29 is 28.6 Å². The number of Topliss-reactive ketones (excluding diaryl/α,β-unsaturated/α-hetero) is 1. The fourth-order valence-electron chi connectivity index (χ4n) is 2.76. The minimum absolute atomic E-state index is 0.0429. The molecule has 1 aliphatic rings. The summed E-state index contributed by atoms with van der Waals surface area (Å²) in [5.74, 6) is -0.203. The molecule has 0 aliphatic carbocycles. The van der Waals surface area contributed by atoms with Gasteiger partial charge in [-0.15, -0.1) is 0 Å². The van der Waals surface area contributed by atoms with Crippen molar-refractivity contribution >= 4 is 17.7 Å². The Labute approximate surface area is 165 Å². The van der Waals surface area contributed by atoms with Crippen LogP contribution in [0.15, 0.2) is 24.3 Å². The summed E-state index contributed by atoms with van der Waals surface area (Å²) in [5, 5.41) is 0. The Morgan fingerprint density at radius 3 is 2.43 bits per heavy atom. The van der Waals surface area contributed by atoms with E-state index in [0.29, 0.717) is 38.5 Å². The van der Waals surface area contributed by atoms with Gasteiger partial charge in [0.2, 0.25) is 0 Å². The summed E-state index contributed by atoms with van der Waals surface area (Å²) in [4.78, 5) is 37.5. The first-order valence-corrected chi connectivity index (χ1v) is 9.87. The molecule has 1 aliphatic heterocycles. The van der Waals surface area contributed by atoms with E-state index in [2.05, 4.69) is 6.92 Å². The number of carbonyl (C=O) groups excluding carboxylic acids is 3. The van der Waals surface area contributed by atoms with Crippen LogP contribution in [-0.2, 0) is 19.1 Å². The van der Waals surface area contributed by atoms with E-state index in [1.54, 1.807) is 29.2 Å². The van der Waals surface area contributed by atoms with Crippen molar-refractivity contribution in [2.75, 3.05) is 39.5 Å². The van der Waals surface area contributed by atoms with Gasteiger partial charge < -0.3 is 19.1 Å². The van der Waals surface area contributed by atoms with Crippen LogP contribution in [0, 0.1) is 0 Å². The molecular weight excluding hydrogens is 362 g/mol. The molecule has 0 saturated carbocycles. The number of amides is 1. The average molecular weight is 391 g/mol. The third kappa shape index (κ3) is 7.68. The first-order valence-electron chi connectivity index (χ1n) is 9.87. The van der Waals surface area contributed by atoms with Crippen LogP contribution in [0.2, 0.25) is 0 Å². The second-order valence-corrected chi connectivity index (χ2v) is 6.66. The third-order valence-corrected chi connectivity index (χ3v) is 4.47. The van der Waals surface area contributed by atoms with Crippen molar-refractivity contribution in [3.8, 4) is 5.75 Å². The highest BCUT2D eigenvalue weighted by Crippen LogP contribution is 2.15. The van der Waals surface area contributed by atoms with E-state index in [4.69, 9.17) is 14.2 Å². The van der Waals surface area contributed by atoms with E-state index < -0.39 is 5.97 Å². The van der Waals surface area contributed by atoms with Gasteiger partial charge in [0.1, 0.15) is 5.75 Å². The maximum atomic E-state index is 12.2. The van der Waals surface area contributed by atoms with Crippen molar-refractivity contribution in [2.24, 2.45) is 0 Å². The normalized spacial score (nSPS) is 13.8. The molecular formula is C21H29NO6. The topological polar surface area (TPSA) is 82.1 Å². The molecule has 28 heavy (non-hydrogen) atoms. The number of ether oxygens (including phenoxy) is 3. The molecule has 7 heteroatoms. The van der Waals surface area contributed by atoms with Crippen LogP contribution in [0.5, 0.6) is 5.75 Å². The SMILES string of the molecule is CCCCCOc1ccc(C(=O)CCC(=O)OCC(=O)N2CCOCC2)cc1. The van der Waals surface area contributed by atoms with E-state index in [9.17, 15) is 14.4 Å². The number of carbonyl (C=O) groups is 3. The molecule has 0 unspecified atom stereocenters. The number of rotatable bonds is 11. The molecule has 1 fully saturated rings. The highest BCUT2D eigenvalue weighted by molar-refractivity contribution is 5.97. The van der Waals surface area contributed by atoms with E-state index in [0.717, 1.165) is 25.0 Å². The molecule has 1 aromatic rings. The van der Waals surface area contributed by atoms with Crippen LogP contribution in [0.1, 0.15) is 49.4 Å². The zero-order valence-electron chi connectivity index (χ0n) is 16.5. The molecule has 0 aromatic heterocycles. The van der Waals surface area contributed by atoms with Gasteiger partial charge in [-0.3, -0.25) is 14.4 Å². The molecule has 1 aromatic carbocycles. The summed E-state index contributed by atoms with van der Waals surface area (Å²) >= 11 is 0. The van der Waals surface area contributed by atoms with Gasteiger partial charge >= 0.3 is 5.97 Å². The van der Waals surface area contributed by atoms with Gasteiger partial charge in [0.05, 0.1) is 26.2 Å². The summed E-state index contributed by atoms with van der Waals surface area (Å²) in [6.07, 6.45) is 3.27. The van der Waals surface area contributed by atoms with Crippen LogP contribution in [-0.4, -0.2) is 62.1 Å². The minimum atomic E-state index is -0.550. The second-order valence-electron chi connectivity index (χ2n) is 6.66. The molecule has 154 valence electrons. The van der Waals surface area contributed by atoms with Crippen molar-refractivity contribution in [2.45, 2.75) is 39.0 Å². The highest BCUT2D eigenvalue weighted by Gasteiger charge is 2.18. The summed E-state index contributed by atoms with van der Waals surface area (Å²) in [6.45, 7) is 4.51. The first kappa shape index (κ1) is 21.9. The first-order chi connectivity index (χ1) is 13.6. The lowest BCUT2D eigenvalue weighted by Crippen LogP contribution is -2.42. The smallest absolute Gasteiger partial charge is 0.306 e. The van der Waals surface area contributed by atoms with Gasteiger partial charge in [0.25, 0.3) is 5.91 Å². The van der Waals surface area contributed by atoms with Gasteiger partial charge in [-0.2, -0.15) is 0 Å². The third-order valence-electron chi connectivity index (χ3n) is 4.47. The summed E-state index contributed by atoms with van der Waals surface area (Å²) in [5.41, 5.74) is 0.526. The highest BCUT2D eigenvalue weighted by atomic mass is 16.5. The second kappa shape index (κ2) is 12.1. The Balaban J connectivity index is 1.66. The van der Waals surface area contributed by atoms with Crippen LogP contribution >= 0.6 is 0 Å². The lowest BCUT2D eigenvalue weighted by molar-refractivity contribution is -0.153. The maximum Gasteiger partial charge on any atom is 0.306 e. The molecule has 0 bridgehead atoms. The molecule has 1 amide bonds. The van der Waals surface area contributed by atoms with Gasteiger partial charge in [-0.05, 0) is 30.7 Å². The number of nitrogens with zero attached hydrogens (tertiary/aromatic N) is 1. The van der Waals surface area contributed by atoms with Crippen molar-refractivity contribution in [3.63, 3.8) is 0 Å². The van der Waals surface area contributed by atoms with Crippen molar-refractivity contribution in [3.05, 3.63) is 29.8 Å². The van der Waals surface area contributed by atoms with Crippen molar-refractivity contribution in [1.82, 2.24) is 4.90 Å². The standard InChI is InChI=1S/C21H29NO6/c1-2-3-4-13-27-18-7-5-17(6-8-18)19(23)9-10-21(25)28-16-20(24)22-11-14-26-15-12-22/h5-8H,2-4,9-16H2,1H3. The lowest BCUT2D eigenvalue weighted by atomic mass is 10.1. The van der Waals surface area contributed by atoms with Gasteiger partial charge in [0.15, 0.2) is 12.4 Å². The molecule has 0 spiro atoms. The number of benzene rings is 1. The number of morpholine rings is 1. The van der Waals surface area contributed by atoms with Crippen molar-refractivity contribution in [1.29, 1.82) is 0 Å². The zero-order chi connectivity index (χ0) is 20.2. The molecule has 1 saturated heterocycles. The fraction of sp³-hybridized carbons (Fsp3) is 0.571. The predicted octanol–water partition coefficient (Wildman–Crippen LogP) is 2.62. The van der Waals surface area contributed by atoms with Crippen LogP contribution in [0.25, 0.3) is 0 Å². The number of ketones is 1. The van der Waals surface area contributed by atoms with Crippen LogP contribution in [0.4, 0.5) is 0 Å². The van der Waals surface area contributed by atoms with Gasteiger partial charge in [-0.1, -0.05) is 19.8 Å². The van der Waals surface area contributed by atoms with E-state index in [1.807, 2.05) is 0 Å². The van der Waals surface area contributed by atoms with E-state index >= 15 is 0 Å². The largest absolute Gasteiger partial charge is 0.494 e. The Morgan fingerprint density at radius 1 is 1.04 bits per heavy atom. The molecule has 0 radical (unpaired) electrons. The lowest BCUT2D eigenvalue weighted by Gasteiger charge is -2.26. The van der Waals surface area contributed by atoms with Crippen LogP contribution in [0.3, 0.4) is 0 Å². The predicted molar refractivity (Wildman–Crippen MR) is 103 cm³/mol. The summed E-state index contributed by atoms with van der Waals surface area (Å²) in [7, 11) is 0. The zero-order valence-corrected chi connectivity index (χ0v) is 16.5. The number of hydrogen-bond acceptors (Lipinski definition) is 6. The number of unbranched alkanes of at least 4 members (excludes halogenated alkanes) is 2. The Kier molecular flexibility index (Phi) is 9.48. The fourth-order valence-corrected chi connectivity index (χ4v) is 2.76. The molecule has 2 rings (SSSR count). The summed E-state index contributed by atoms with van der Waals surface area (Å²) in [6, 6.07) is 6.92. The van der Waals surface area contributed by atoms with E-state index in [-0.39, 0.29) is 31.1 Å². The quantitative estimate of drug-likeness (QED) is 0.328. The number of hydrogen-bond donors (Lipinski definition) is 0. The number of esters is 1. The molecule has 0 atom stereocenters. The monoisotopic (exact) mass is 391 g/mol. The summed E-state index contributed by atoms with van der Waals surface area (Å²) < 4.78 is 15.8. The Bertz CT molecular complexity index is 637. The average Bonchev–Trinajstić information content (AvgIpc) is 2.74. The minimum Gasteiger partial charge on any atom is -0.494 e. The van der Waals surface area contributed by atoms with Gasteiger partial charge in [-0.25, -0.2) is 0 Å². The van der Waals surface area contributed by atoms with E-state index in [1.165, 1.54) is 0 Å².